The van der Waals surface area contributed by atoms with E-state index in [0.717, 1.165) is 23.2 Å². The highest BCUT2D eigenvalue weighted by molar-refractivity contribution is 9.10. The van der Waals surface area contributed by atoms with E-state index in [1.54, 1.807) is 0 Å². The van der Waals surface area contributed by atoms with E-state index in [1.807, 2.05) is 6.07 Å². The van der Waals surface area contributed by atoms with Crippen LogP contribution < -0.4 is 10.1 Å². The lowest BCUT2D eigenvalue weighted by Gasteiger charge is -2.12. The maximum Gasteiger partial charge on any atom is 0.120 e. The summed E-state index contributed by atoms with van der Waals surface area (Å²) in [6.45, 7) is 5.95. The molecule has 0 heterocycles. The summed E-state index contributed by atoms with van der Waals surface area (Å²) in [6.07, 6.45) is 1.14. The van der Waals surface area contributed by atoms with Crippen LogP contribution in [-0.4, -0.2) is 19.2 Å². The molecule has 2 rings (SSSR count). The molecule has 3 heteroatoms. The van der Waals surface area contributed by atoms with Gasteiger partial charge in [-0.15, -0.1) is 0 Å². The number of benzene rings is 2. The molecule has 2 nitrogen and oxygen atoms in total. The first kappa shape index (κ1) is 14.4. The number of fused-ring (bicyclic) bond motifs is 1. The van der Waals surface area contributed by atoms with Crippen molar-refractivity contribution < 1.29 is 4.74 Å². The van der Waals surface area contributed by atoms with Crippen LogP contribution in [0.2, 0.25) is 0 Å². The van der Waals surface area contributed by atoms with Crippen LogP contribution in [0.3, 0.4) is 0 Å². The van der Waals surface area contributed by atoms with E-state index >= 15 is 0 Å². The first-order valence-electron chi connectivity index (χ1n) is 6.74. The summed E-state index contributed by atoms with van der Waals surface area (Å²) in [7, 11) is 0. The highest BCUT2D eigenvalue weighted by Crippen LogP contribution is 2.23. The van der Waals surface area contributed by atoms with Gasteiger partial charge < -0.3 is 10.1 Å². The first-order valence-corrected chi connectivity index (χ1v) is 7.54. The molecular formula is C16H20BrNO. The smallest absolute Gasteiger partial charge is 0.120 e. The van der Waals surface area contributed by atoms with Gasteiger partial charge in [-0.05, 0) is 48.4 Å². The molecule has 0 radical (unpaired) electrons. The van der Waals surface area contributed by atoms with Crippen molar-refractivity contribution in [3.05, 3.63) is 40.9 Å². The van der Waals surface area contributed by atoms with Crippen LogP contribution in [0.15, 0.2) is 40.9 Å². The Morgan fingerprint density at radius 3 is 2.68 bits per heavy atom. The Bertz CT molecular complexity index is 541. The van der Waals surface area contributed by atoms with Gasteiger partial charge in [0.15, 0.2) is 0 Å². The van der Waals surface area contributed by atoms with Crippen LogP contribution in [0.1, 0.15) is 20.3 Å². The van der Waals surface area contributed by atoms with Crippen LogP contribution in [0, 0.1) is 0 Å². The second kappa shape index (κ2) is 6.92. The van der Waals surface area contributed by atoms with Crippen LogP contribution >= 0.6 is 15.9 Å². The zero-order chi connectivity index (χ0) is 13.7. The van der Waals surface area contributed by atoms with Gasteiger partial charge in [-0.2, -0.15) is 0 Å². The van der Waals surface area contributed by atoms with Crippen molar-refractivity contribution >= 4 is 26.7 Å². The van der Waals surface area contributed by atoms with E-state index < -0.39 is 0 Å². The van der Waals surface area contributed by atoms with E-state index in [4.69, 9.17) is 4.74 Å². The third-order valence-electron chi connectivity index (χ3n) is 3.25. The van der Waals surface area contributed by atoms with Crippen molar-refractivity contribution in [2.45, 2.75) is 26.3 Å². The fourth-order valence-corrected chi connectivity index (χ4v) is 2.28. The van der Waals surface area contributed by atoms with Gasteiger partial charge in [-0.1, -0.05) is 35.0 Å². The van der Waals surface area contributed by atoms with E-state index in [9.17, 15) is 0 Å². The van der Waals surface area contributed by atoms with Crippen molar-refractivity contribution in [2.24, 2.45) is 0 Å². The van der Waals surface area contributed by atoms with Gasteiger partial charge in [0.1, 0.15) is 12.4 Å². The molecule has 0 bridgehead atoms. The second-order valence-corrected chi connectivity index (χ2v) is 5.68. The molecule has 0 saturated heterocycles. The number of hydrogen-bond donors (Lipinski definition) is 1. The minimum Gasteiger partial charge on any atom is -0.492 e. The molecule has 0 aromatic heterocycles. The predicted molar refractivity (Wildman–Crippen MR) is 84.9 cm³/mol. The molecular weight excluding hydrogens is 302 g/mol. The van der Waals surface area contributed by atoms with Crippen molar-refractivity contribution in [3.63, 3.8) is 0 Å². The van der Waals surface area contributed by atoms with E-state index in [2.05, 4.69) is 65.4 Å². The van der Waals surface area contributed by atoms with E-state index in [1.165, 1.54) is 10.8 Å². The molecule has 0 fully saturated rings. The summed E-state index contributed by atoms with van der Waals surface area (Å²) < 4.78 is 6.87. The molecule has 102 valence electrons. The molecule has 0 saturated carbocycles. The number of rotatable bonds is 6. The average Bonchev–Trinajstić information content (AvgIpc) is 2.43. The van der Waals surface area contributed by atoms with Crippen molar-refractivity contribution in [1.29, 1.82) is 0 Å². The molecule has 2 aromatic carbocycles. The molecule has 0 aliphatic rings. The van der Waals surface area contributed by atoms with Crippen LogP contribution in [0.25, 0.3) is 10.8 Å². The average molecular weight is 322 g/mol. The molecule has 19 heavy (non-hydrogen) atoms. The summed E-state index contributed by atoms with van der Waals surface area (Å²) in [5.74, 6) is 0.931. The van der Waals surface area contributed by atoms with E-state index in [-0.39, 0.29) is 0 Å². The summed E-state index contributed by atoms with van der Waals surface area (Å²) in [6, 6.07) is 13.0. The zero-order valence-corrected chi connectivity index (χ0v) is 13.0. The van der Waals surface area contributed by atoms with Gasteiger partial charge in [0.25, 0.3) is 0 Å². The molecule has 0 spiro atoms. The molecule has 0 amide bonds. The Labute approximate surface area is 123 Å². The van der Waals surface area contributed by atoms with Gasteiger partial charge in [0, 0.05) is 17.1 Å². The highest BCUT2D eigenvalue weighted by Gasteiger charge is 2.00. The minimum atomic E-state index is 0.553. The van der Waals surface area contributed by atoms with Crippen LogP contribution in [-0.2, 0) is 0 Å². The van der Waals surface area contributed by atoms with Crippen molar-refractivity contribution in [3.8, 4) is 5.75 Å². The van der Waals surface area contributed by atoms with Gasteiger partial charge in [0.05, 0.1) is 0 Å². The van der Waals surface area contributed by atoms with Gasteiger partial charge in [0.2, 0.25) is 0 Å². The summed E-state index contributed by atoms with van der Waals surface area (Å²) in [5.41, 5.74) is 0. The van der Waals surface area contributed by atoms with Crippen LogP contribution in [0.5, 0.6) is 5.75 Å². The molecule has 1 atom stereocenters. The topological polar surface area (TPSA) is 21.3 Å². The molecule has 0 aliphatic heterocycles. The van der Waals surface area contributed by atoms with E-state index in [0.29, 0.717) is 12.6 Å². The Kier molecular flexibility index (Phi) is 5.23. The Balaban J connectivity index is 1.92. The fraction of sp³-hybridized carbons (Fsp3) is 0.375. The lowest BCUT2D eigenvalue weighted by atomic mass is 10.1. The predicted octanol–water partition coefficient (Wildman–Crippen LogP) is 4.37. The quantitative estimate of drug-likeness (QED) is 0.798. The SMILES string of the molecule is CCC(C)NCCOc1ccc2cc(Br)ccc2c1. The standard InChI is InChI=1S/C16H20BrNO/c1-3-12(2)18-8-9-19-16-7-5-13-10-15(17)6-4-14(13)11-16/h4-7,10-12,18H,3,8-9H2,1-2H3. The monoisotopic (exact) mass is 321 g/mol. The lowest BCUT2D eigenvalue weighted by molar-refractivity contribution is 0.306. The number of ether oxygens (including phenoxy) is 1. The minimum absolute atomic E-state index is 0.553. The molecule has 1 N–H and O–H groups in total. The maximum absolute atomic E-state index is 5.77. The summed E-state index contributed by atoms with van der Waals surface area (Å²) in [5, 5.41) is 5.84. The lowest BCUT2D eigenvalue weighted by Crippen LogP contribution is -2.29. The van der Waals surface area contributed by atoms with Crippen molar-refractivity contribution in [2.75, 3.05) is 13.2 Å². The Morgan fingerprint density at radius 1 is 1.16 bits per heavy atom. The number of nitrogens with one attached hydrogen (secondary N) is 1. The zero-order valence-electron chi connectivity index (χ0n) is 11.4. The second-order valence-electron chi connectivity index (χ2n) is 4.77. The van der Waals surface area contributed by atoms with Crippen LogP contribution in [0.4, 0.5) is 0 Å². The van der Waals surface area contributed by atoms with Gasteiger partial charge in [-0.3, -0.25) is 0 Å². The van der Waals surface area contributed by atoms with Gasteiger partial charge in [-0.25, -0.2) is 0 Å². The fourth-order valence-electron chi connectivity index (χ4n) is 1.90. The van der Waals surface area contributed by atoms with Crippen molar-refractivity contribution in [1.82, 2.24) is 5.32 Å². The summed E-state index contributed by atoms with van der Waals surface area (Å²) in [4.78, 5) is 0. The Hall–Kier alpha value is -1.06. The highest BCUT2D eigenvalue weighted by atomic mass is 79.9. The normalized spacial score (nSPS) is 12.6. The number of hydrogen-bond acceptors (Lipinski definition) is 2. The molecule has 0 aliphatic carbocycles. The third-order valence-corrected chi connectivity index (χ3v) is 3.74. The van der Waals surface area contributed by atoms with Gasteiger partial charge >= 0.3 is 0 Å². The maximum atomic E-state index is 5.77. The molecule has 1 unspecified atom stereocenters. The third kappa shape index (κ3) is 4.22. The largest absolute Gasteiger partial charge is 0.492 e. The molecule has 2 aromatic rings. The first-order chi connectivity index (χ1) is 9.19. The summed E-state index contributed by atoms with van der Waals surface area (Å²) >= 11 is 3.48. The Morgan fingerprint density at radius 2 is 1.89 bits per heavy atom. The number of halogens is 1.